The molecule has 0 spiro atoms. The Kier molecular flexibility index (Phi) is 17.9. The fourth-order valence-electron chi connectivity index (χ4n) is 3.18. The molecule has 0 aliphatic carbocycles. The first-order valence-electron chi connectivity index (χ1n) is 9.50. The minimum Gasteiger partial charge on any atom is -0.325 e. The van der Waals surface area contributed by atoms with E-state index in [0.29, 0.717) is 0 Å². The molecule has 0 bridgehead atoms. The first-order chi connectivity index (χ1) is 10.6. The van der Waals surface area contributed by atoms with Gasteiger partial charge in [-0.1, -0.05) is 88.6 Å². The Labute approximate surface area is 168 Å². The van der Waals surface area contributed by atoms with Crippen LogP contribution >= 0.6 is 29.4 Å². The lowest BCUT2D eigenvalue weighted by atomic mass is 10.1. The molecule has 1 aromatic rings. The van der Waals surface area contributed by atoms with Crippen LogP contribution in [0.4, 0.5) is 0 Å². The highest BCUT2D eigenvalue weighted by molar-refractivity contribution is 8.93. The largest absolute Gasteiger partial charge is 0.325 e. The van der Waals surface area contributed by atoms with Crippen LogP contribution in [0.5, 0.6) is 0 Å². The molecule has 0 N–H and O–H groups in total. The van der Waals surface area contributed by atoms with Gasteiger partial charge in [0.15, 0.2) is 0 Å². The molecule has 0 aliphatic rings. The first kappa shape index (κ1) is 26.2. The van der Waals surface area contributed by atoms with Gasteiger partial charge in [-0.15, -0.1) is 29.4 Å². The van der Waals surface area contributed by atoms with Crippen molar-refractivity contribution in [3.63, 3.8) is 0 Å². The van der Waals surface area contributed by atoms with Crippen molar-refractivity contribution >= 4 is 29.4 Å². The predicted molar refractivity (Wildman–Crippen MR) is 117 cm³/mol. The quantitative estimate of drug-likeness (QED) is 0.233. The van der Waals surface area contributed by atoms with Gasteiger partial charge in [0.25, 0.3) is 0 Å². The Balaban J connectivity index is 0. The monoisotopic (exact) mass is 420 g/mol. The second-order valence-electron chi connectivity index (χ2n) is 7.49. The normalized spacial score (nSPS) is 10.8. The smallest absolute Gasteiger partial charge is 0.104 e. The van der Waals surface area contributed by atoms with Gasteiger partial charge in [-0.3, -0.25) is 0 Å². The third-order valence-electron chi connectivity index (χ3n) is 4.57. The van der Waals surface area contributed by atoms with Gasteiger partial charge >= 0.3 is 0 Å². The van der Waals surface area contributed by atoms with Crippen molar-refractivity contribution in [1.29, 1.82) is 0 Å². The summed E-state index contributed by atoms with van der Waals surface area (Å²) in [4.78, 5) is 0. The molecule has 0 aliphatic heterocycles. The van der Waals surface area contributed by atoms with E-state index in [1.165, 1.54) is 76.3 Å². The molecule has 0 saturated carbocycles. The van der Waals surface area contributed by atoms with E-state index < -0.39 is 0 Å². The molecule has 3 heteroatoms. The number of benzene rings is 1. The second-order valence-corrected chi connectivity index (χ2v) is 7.49. The van der Waals surface area contributed by atoms with E-state index >= 15 is 0 Å². The molecule has 1 nitrogen and oxygen atoms in total. The maximum Gasteiger partial charge on any atom is 0.104 e. The molecule has 0 fully saturated rings. The Morgan fingerprint density at radius 1 is 0.708 bits per heavy atom. The topological polar surface area (TPSA) is 0 Å². The van der Waals surface area contributed by atoms with Crippen LogP contribution in [0.1, 0.15) is 76.7 Å². The molecule has 1 aromatic carbocycles. The van der Waals surface area contributed by atoms with Crippen LogP contribution in [0.25, 0.3) is 0 Å². The third-order valence-corrected chi connectivity index (χ3v) is 4.57. The minimum absolute atomic E-state index is 0. The van der Waals surface area contributed by atoms with Crippen molar-refractivity contribution in [1.82, 2.24) is 0 Å². The lowest BCUT2D eigenvalue weighted by molar-refractivity contribution is -0.903. The van der Waals surface area contributed by atoms with E-state index in [-0.39, 0.29) is 29.4 Å². The lowest BCUT2D eigenvalue weighted by Crippen LogP contribution is -2.39. The van der Waals surface area contributed by atoms with Gasteiger partial charge in [-0.05, 0) is 12.8 Å². The predicted octanol–water partition coefficient (Wildman–Crippen LogP) is 7.18. The fraction of sp³-hybridized carbons (Fsp3) is 0.714. The lowest BCUT2D eigenvalue weighted by Gasteiger charge is -2.30. The van der Waals surface area contributed by atoms with Gasteiger partial charge in [-0.25, -0.2) is 0 Å². The second kappa shape index (κ2) is 16.4. The number of quaternary nitrogens is 1. The Morgan fingerprint density at radius 2 is 1.17 bits per heavy atom. The van der Waals surface area contributed by atoms with Crippen molar-refractivity contribution in [2.75, 3.05) is 20.6 Å². The highest BCUT2D eigenvalue weighted by Crippen LogP contribution is 2.13. The van der Waals surface area contributed by atoms with Gasteiger partial charge in [0.1, 0.15) is 6.54 Å². The summed E-state index contributed by atoms with van der Waals surface area (Å²) in [6.07, 6.45) is 14.2. The zero-order chi connectivity index (χ0) is 16.1. The fourth-order valence-corrected chi connectivity index (χ4v) is 3.18. The summed E-state index contributed by atoms with van der Waals surface area (Å²) >= 11 is 0. The summed E-state index contributed by atoms with van der Waals surface area (Å²) < 4.78 is 1.11. The average molecular weight is 422 g/mol. The molecule has 0 saturated heterocycles. The number of rotatable bonds is 13. The van der Waals surface area contributed by atoms with E-state index in [4.69, 9.17) is 0 Å². The molecule has 0 amide bonds. The van der Waals surface area contributed by atoms with Crippen LogP contribution in [0.15, 0.2) is 30.3 Å². The van der Waals surface area contributed by atoms with Crippen LogP contribution in [-0.2, 0) is 6.54 Å². The minimum atomic E-state index is 0. The van der Waals surface area contributed by atoms with Crippen LogP contribution in [-0.4, -0.2) is 25.1 Å². The van der Waals surface area contributed by atoms with Crippen molar-refractivity contribution in [3.05, 3.63) is 35.9 Å². The van der Waals surface area contributed by atoms with E-state index in [2.05, 4.69) is 51.4 Å². The summed E-state index contributed by atoms with van der Waals surface area (Å²) in [5.41, 5.74) is 1.46. The molecule has 142 valence electrons. The van der Waals surface area contributed by atoms with Crippen LogP contribution < -0.4 is 0 Å². The number of nitrogens with zero attached hydrogens (tertiary/aromatic N) is 1. The Morgan fingerprint density at radius 3 is 1.67 bits per heavy atom. The highest BCUT2D eigenvalue weighted by atomic mass is 79.9. The summed E-state index contributed by atoms with van der Waals surface area (Å²) in [5.74, 6) is 0. The van der Waals surface area contributed by atoms with E-state index in [9.17, 15) is 0 Å². The standard InChI is InChI=1S/C21H38N.BrH.ClH/c1-4-5-6-7-8-9-10-11-12-16-19-22(2,3)20-21-17-14-13-15-18-21;;/h13-15,17-18H,4-12,16,19-20H2,1-3H3;2*1H/q+1;;. The molecule has 0 unspecified atom stereocenters. The molecule has 0 heterocycles. The summed E-state index contributed by atoms with van der Waals surface area (Å²) in [5, 5.41) is 0. The van der Waals surface area contributed by atoms with Gasteiger partial charge in [0, 0.05) is 5.56 Å². The van der Waals surface area contributed by atoms with Crippen LogP contribution in [0, 0.1) is 0 Å². The van der Waals surface area contributed by atoms with Gasteiger partial charge < -0.3 is 4.48 Å². The Bertz CT molecular complexity index is 367. The number of halogens is 2. The maximum atomic E-state index is 2.36. The number of hydrogen-bond acceptors (Lipinski definition) is 0. The summed E-state index contributed by atoms with van der Waals surface area (Å²) in [6, 6.07) is 10.9. The SMILES string of the molecule is Br.CCCCCCCCCCCC[N+](C)(C)Cc1ccccc1.Cl. The summed E-state index contributed by atoms with van der Waals surface area (Å²) in [6.45, 7) is 4.74. The number of unbranched alkanes of at least 4 members (excludes halogenated alkanes) is 9. The zero-order valence-electron chi connectivity index (χ0n) is 16.1. The Hall–Kier alpha value is -0.0500. The third kappa shape index (κ3) is 14.3. The van der Waals surface area contributed by atoms with Crippen molar-refractivity contribution in [3.8, 4) is 0 Å². The van der Waals surface area contributed by atoms with Gasteiger partial charge in [0.2, 0.25) is 0 Å². The van der Waals surface area contributed by atoms with E-state index in [1.807, 2.05) is 0 Å². The molecule has 0 aromatic heterocycles. The van der Waals surface area contributed by atoms with E-state index in [0.717, 1.165) is 11.0 Å². The molecular formula is C21H40BrClN+. The average Bonchev–Trinajstić information content (AvgIpc) is 2.49. The maximum absolute atomic E-state index is 2.36. The van der Waals surface area contributed by atoms with Crippen LogP contribution in [0.3, 0.4) is 0 Å². The van der Waals surface area contributed by atoms with Crippen molar-refractivity contribution < 1.29 is 4.48 Å². The number of hydrogen-bond donors (Lipinski definition) is 0. The van der Waals surface area contributed by atoms with Crippen LogP contribution in [0.2, 0.25) is 0 Å². The van der Waals surface area contributed by atoms with Crippen molar-refractivity contribution in [2.24, 2.45) is 0 Å². The van der Waals surface area contributed by atoms with Crippen molar-refractivity contribution in [2.45, 2.75) is 77.7 Å². The van der Waals surface area contributed by atoms with Gasteiger partial charge in [0.05, 0.1) is 20.6 Å². The molecule has 24 heavy (non-hydrogen) atoms. The molecule has 0 radical (unpaired) electrons. The first-order valence-corrected chi connectivity index (χ1v) is 9.50. The molecular weight excluding hydrogens is 382 g/mol. The molecule has 1 rings (SSSR count). The van der Waals surface area contributed by atoms with Gasteiger partial charge in [-0.2, -0.15) is 0 Å². The summed E-state index contributed by atoms with van der Waals surface area (Å²) in [7, 11) is 4.72. The zero-order valence-corrected chi connectivity index (χ0v) is 18.7. The highest BCUT2D eigenvalue weighted by Gasteiger charge is 2.14. The van der Waals surface area contributed by atoms with E-state index in [1.54, 1.807) is 0 Å². The molecule has 0 atom stereocenters.